The molecular weight excluding hydrogens is 184 g/mol. The van der Waals surface area contributed by atoms with Crippen LogP contribution in [0.1, 0.15) is 20.3 Å². The first kappa shape index (κ1) is 12.8. The third-order valence-corrected chi connectivity index (χ3v) is 2.75. The van der Waals surface area contributed by atoms with Gasteiger partial charge in [0.25, 0.3) is 0 Å². The first-order valence-electron chi connectivity index (χ1n) is 4.64. The average Bonchev–Trinajstić information content (AvgIpc) is 2.13. The lowest BCUT2D eigenvalue weighted by molar-refractivity contribution is -0.122. The van der Waals surface area contributed by atoms with Gasteiger partial charge in [-0.25, -0.2) is 0 Å². The molecule has 13 heavy (non-hydrogen) atoms. The zero-order valence-corrected chi connectivity index (χ0v) is 9.49. The maximum atomic E-state index is 11.2. The molecule has 4 heteroatoms. The molecule has 0 fully saturated rings. The van der Waals surface area contributed by atoms with Crippen molar-refractivity contribution >= 4 is 17.7 Å². The van der Waals surface area contributed by atoms with Crippen LogP contribution in [-0.4, -0.2) is 30.5 Å². The van der Waals surface area contributed by atoms with E-state index >= 15 is 0 Å². The van der Waals surface area contributed by atoms with E-state index in [-0.39, 0.29) is 11.9 Å². The van der Waals surface area contributed by atoms with Gasteiger partial charge in [-0.2, -0.15) is 11.8 Å². The molecule has 0 aliphatic rings. The molecule has 0 aromatic carbocycles. The van der Waals surface area contributed by atoms with Crippen LogP contribution in [0.5, 0.6) is 0 Å². The van der Waals surface area contributed by atoms with E-state index in [1.54, 1.807) is 11.8 Å². The minimum absolute atomic E-state index is 0.0320. The van der Waals surface area contributed by atoms with Crippen molar-refractivity contribution in [3.05, 3.63) is 0 Å². The Morgan fingerprint density at radius 1 is 1.62 bits per heavy atom. The number of carbonyl (C=O) groups is 1. The molecule has 0 aliphatic carbocycles. The van der Waals surface area contributed by atoms with E-state index in [1.807, 2.05) is 6.92 Å². The van der Waals surface area contributed by atoms with E-state index in [1.165, 1.54) is 0 Å². The van der Waals surface area contributed by atoms with Crippen molar-refractivity contribution in [2.75, 3.05) is 18.6 Å². The lowest BCUT2D eigenvalue weighted by Gasteiger charge is -2.13. The highest BCUT2D eigenvalue weighted by atomic mass is 32.2. The Kier molecular flexibility index (Phi) is 7.09. The Morgan fingerprint density at radius 3 is 2.69 bits per heavy atom. The summed E-state index contributed by atoms with van der Waals surface area (Å²) >= 11 is 1.79. The van der Waals surface area contributed by atoms with Crippen LogP contribution in [0.15, 0.2) is 0 Å². The number of nitrogens with one attached hydrogen (secondary N) is 1. The molecule has 0 bridgehead atoms. The smallest absolute Gasteiger partial charge is 0.236 e. The summed E-state index contributed by atoms with van der Waals surface area (Å²) in [7, 11) is 0. The van der Waals surface area contributed by atoms with Gasteiger partial charge >= 0.3 is 0 Å². The van der Waals surface area contributed by atoms with Crippen LogP contribution >= 0.6 is 11.8 Å². The van der Waals surface area contributed by atoms with Crippen LogP contribution in [0, 0.1) is 5.92 Å². The second-order valence-corrected chi connectivity index (χ2v) is 4.23. The minimum atomic E-state index is -0.346. The molecule has 0 radical (unpaired) electrons. The quantitative estimate of drug-likeness (QED) is 0.674. The van der Waals surface area contributed by atoms with Crippen LogP contribution in [0.4, 0.5) is 0 Å². The van der Waals surface area contributed by atoms with Gasteiger partial charge in [0.2, 0.25) is 5.91 Å². The fraction of sp³-hybridized carbons (Fsp3) is 0.889. The molecule has 0 spiro atoms. The third kappa shape index (κ3) is 5.93. The predicted molar refractivity (Wildman–Crippen MR) is 58.8 cm³/mol. The maximum Gasteiger partial charge on any atom is 0.236 e. The number of nitrogens with two attached hydrogens (primary N) is 1. The highest BCUT2D eigenvalue weighted by molar-refractivity contribution is 7.98. The lowest BCUT2D eigenvalue weighted by atomic mass is 10.2. The molecule has 0 saturated heterocycles. The monoisotopic (exact) mass is 204 g/mol. The Balaban J connectivity index is 3.57. The Bertz CT molecular complexity index is 153. The molecular formula is C9H20N2OS. The van der Waals surface area contributed by atoms with Gasteiger partial charge in [-0.15, -0.1) is 0 Å². The number of thioether (sulfide) groups is 1. The topological polar surface area (TPSA) is 55.1 Å². The van der Waals surface area contributed by atoms with Crippen LogP contribution in [0.25, 0.3) is 0 Å². The molecule has 0 rings (SSSR count). The third-order valence-electron chi connectivity index (χ3n) is 1.85. The van der Waals surface area contributed by atoms with Crippen LogP contribution < -0.4 is 11.1 Å². The summed E-state index contributed by atoms with van der Waals surface area (Å²) in [5, 5.41) is 2.84. The zero-order chi connectivity index (χ0) is 10.3. The van der Waals surface area contributed by atoms with E-state index in [9.17, 15) is 4.79 Å². The predicted octanol–water partition coefficient (Wildman–Crippen LogP) is 0.839. The van der Waals surface area contributed by atoms with E-state index in [0.717, 1.165) is 12.3 Å². The van der Waals surface area contributed by atoms with Gasteiger partial charge < -0.3 is 11.1 Å². The van der Waals surface area contributed by atoms with Gasteiger partial charge in [0.1, 0.15) is 0 Å². The van der Waals surface area contributed by atoms with E-state index in [2.05, 4.69) is 18.5 Å². The number of carbonyl (C=O) groups excluding carboxylic acids is 1. The summed E-state index contributed by atoms with van der Waals surface area (Å²) in [6, 6.07) is -0.346. The van der Waals surface area contributed by atoms with Crippen molar-refractivity contribution in [1.82, 2.24) is 5.32 Å². The van der Waals surface area contributed by atoms with Crippen molar-refractivity contribution in [1.29, 1.82) is 0 Å². The molecule has 0 aromatic heterocycles. The zero-order valence-electron chi connectivity index (χ0n) is 8.67. The van der Waals surface area contributed by atoms with Crippen molar-refractivity contribution in [3.8, 4) is 0 Å². The molecule has 0 aliphatic heterocycles. The average molecular weight is 204 g/mol. The van der Waals surface area contributed by atoms with Crippen molar-refractivity contribution in [2.24, 2.45) is 11.7 Å². The molecule has 78 valence electrons. The van der Waals surface area contributed by atoms with Crippen LogP contribution in [0.2, 0.25) is 0 Å². The minimum Gasteiger partial charge on any atom is -0.354 e. The molecule has 0 heterocycles. The van der Waals surface area contributed by atoms with Gasteiger partial charge in [-0.3, -0.25) is 4.79 Å². The standard InChI is InChI=1S/C9H20N2OS/c1-4-8(10)9(12)11-5-7(2)6-13-3/h7-8H,4-6,10H2,1-3H3,(H,11,12). The normalized spacial score (nSPS) is 15.1. The molecule has 0 saturated carbocycles. The van der Waals surface area contributed by atoms with Gasteiger partial charge in [0.15, 0.2) is 0 Å². The van der Waals surface area contributed by atoms with Crippen LogP contribution in [0.3, 0.4) is 0 Å². The molecule has 2 unspecified atom stereocenters. The summed E-state index contributed by atoms with van der Waals surface area (Å²) in [5.74, 6) is 1.56. The number of hydrogen-bond donors (Lipinski definition) is 2. The van der Waals surface area contributed by atoms with Gasteiger partial charge in [0, 0.05) is 6.54 Å². The number of rotatable bonds is 6. The second kappa shape index (κ2) is 7.21. The molecule has 3 nitrogen and oxygen atoms in total. The SMILES string of the molecule is CCC(N)C(=O)NCC(C)CSC. The largest absolute Gasteiger partial charge is 0.354 e. The Hall–Kier alpha value is -0.220. The Labute approximate surface area is 84.8 Å². The van der Waals surface area contributed by atoms with E-state index < -0.39 is 0 Å². The number of hydrogen-bond acceptors (Lipinski definition) is 3. The summed E-state index contributed by atoms with van der Waals surface area (Å²) in [6.45, 7) is 4.76. The summed E-state index contributed by atoms with van der Waals surface area (Å²) in [4.78, 5) is 11.2. The summed E-state index contributed by atoms with van der Waals surface area (Å²) in [5.41, 5.74) is 5.56. The van der Waals surface area contributed by atoms with Crippen molar-refractivity contribution < 1.29 is 4.79 Å². The highest BCUT2D eigenvalue weighted by Gasteiger charge is 2.11. The first-order chi connectivity index (χ1) is 6.11. The van der Waals surface area contributed by atoms with Gasteiger partial charge in [-0.05, 0) is 24.3 Å². The second-order valence-electron chi connectivity index (χ2n) is 3.32. The lowest BCUT2D eigenvalue weighted by Crippen LogP contribution is -2.41. The first-order valence-corrected chi connectivity index (χ1v) is 6.03. The molecule has 2 atom stereocenters. The van der Waals surface area contributed by atoms with Crippen molar-refractivity contribution in [3.63, 3.8) is 0 Å². The molecule has 1 amide bonds. The van der Waals surface area contributed by atoms with Gasteiger partial charge in [0.05, 0.1) is 6.04 Å². The van der Waals surface area contributed by atoms with Crippen molar-refractivity contribution in [2.45, 2.75) is 26.3 Å². The van der Waals surface area contributed by atoms with Gasteiger partial charge in [-0.1, -0.05) is 13.8 Å². The molecule has 0 aromatic rings. The number of amides is 1. The van der Waals surface area contributed by atoms with E-state index in [0.29, 0.717) is 12.3 Å². The fourth-order valence-corrected chi connectivity index (χ4v) is 1.62. The van der Waals surface area contributed by atoms with Crippen LogP contribution in [-0.2, 0) is 4.79 Å². The highest BCUT2D eigenvalue weighted by Crippen LogP contribution is 2.02. The summed E-state index contributed by atoms with van der Waals surface area (Å²) < 4.78 is 0. The molecule has 3 N–H and O–H groups in total. The van der Waals surface area contributed by atoms with E-state index in [4.69, 9.17) is 5.73 Å². The fourth-order valence-electron chi connectivity index (χ4n) is 0.935. The summed E-state index contributed by atoms with van der Waals surface area (Å²) in [6.07, 6.45) is 2.76. The maximum absolute atomic E-state index is 11.2. The Morgan fingerprint density at radius 2 is 2.23 bits per heavy atom.